The molecular weight excluding hydrogens is 190 g/mol. The van der Waals surface area contributed by atoms with Crippen molar-refractivity contribution in [3.63, 3.8) is 0 Å². The normalized spacial score (nSPS) is 12.7. The lowest BCUT2D eigenvalue weighted by Gasteiger charge is -2.13. The summed E-state index contributed by atoms with van der Waals surface area (Å²) in [5.74, 6) is 0.362. The van der Waals surface area contributed by atoms with Crippen LogP contribution < -0.4 is 5.32 Å². The van der Waals surface area contributed by atoms with E-state index in [9.17, 15) is 5.11 Å². The Morgan fingerprint density at radius 2 is 2.13 bits per heavy atom. The molecule has 0 aliphatic heterocycles. The molecule has 3 N–H and O–H groups in total. The van der Waals surface area contributed by atoms with Crippen LogP contribution in [0.1, 0.15) is 24.5 Å². The zero-order valence-corrected chi connectivity index (χ0v) is 9.33. The number of hydrogen-bond donors (Lipinski definition) is 3. The van der Waals surface area contributed by atoms with Gasteiger partial charge in [-0.3, -0.25) is 0 Å². The summed E-state index contributed by atoms with van der Waals surface area (Å²) in [5.41, 5.74) is 1.80. The monoisotopic (exact) mass is 209 g/mol. The molecule has 0 saturated heterocycles. The summed E-state index contributed by atoms with van der Waals surface area (Å²) in [6.07, 6.45) is 0.729. The van der Waals surface area contributed by atoms with Gasteiger partial charge in [0.25, 0.3) is 0 Å². The molecule has 0 heterocycles. The van der Waals surface area contributed by atoms with Crippen molar-refractivity contribution in [2.24, 2.45) is 0 Å². The van der Waals surface area contributed by atoms with Crippen molar-refractivity contribution in [2.75, 3.05) is 6.61 Å². The fourth-order valence-electron chi connectivity index (χ4n) is 1.44. The number of aromatic hydroxyl groups is 1. The number of benzene rings is 1. The Morgan fingerprint density at radius 3 is 2.80 bits per heavy atom. The van der Waals surface area contributed by atoms with Crippen molar-refractivity contribution < 1.29 is 10.2 Å². The van der Waals surface area contributed by atoms with Crippen LogP contribution in [0.2, 0.25) is 0 Å². The van der Waals surface area contributed by atoms with Crippen molar-refractivity contribution >= 4 is 0 Å². The summed E-state index contributed by atoms with van der Waals surface area (Å²) in [6, 6.07) is 5.98. The number of aliphatic hydroxyl groups excluding tert-OH is 1. The van der Waals surface area contributed by atoms with Crippen LogP contribution in [0.5, 0.6) is 5.75 Å². The second-order valence-corrected chi connectivity index (χ2v) is 3.88. The molecule has 1 unspecified atom stereocenters. The van der Waals surface area contributed by atoms with Crippen LogP contribution in [-0.4, -0.2) is 22.9 Å². The Kier molecular flexibility index (Phi) is 4.59. The fourth-order valence-corrected chi connectivity index (χ4v) is 1.44. The highest BCUT2D eigenvalue weighted by molar-refractivity contribution is 5.39. The van der Waals surface area contributed by atoms with Gasteiger partial charge in [-0.2, -0.15) is 0 Å². The Labute approximate surface area is 90.8 Å². The average molecular weight is 209 g/mol. The molecule has 1 aromatic carbocycles. The Bertz CT molecular complexity index is 312. The van der Waals surface area contributed by atoms with Crippen LogP contribution in [0.4, 0.5) is 0 Å². The minimum Gasteiger partial charge on any atom is -0.507 e. The van der Waals surface area contributed by atoms with E-state index < -0.39 is 0 Å². The number of aryl methyl sites for hydroxylation is 1. The Balaban J connectivity index is 2.54. The van der Waals surface area contributed by atoms with Gasteiger partial charge in [0, 0.05) is 24.8 Å². The van der Waals surface area contributed by atoms with Crippen LogP contribution in [0, 0.1) is 6.92 Å². The lowest BCUT2D eigenvalue weighted by molar-refractivity contribution is 0.268. The average Bonchev–Trinajstić information content (AvgIpc) is 2.21. The molecule has 15 heavy (non-hydrogen) atoms. The molecule has 0 saturated carbocycles. The molecule has 1 aromatic rings. The fraction of sp³-hybridized carbons (Fsp3) is 0.500. The van der Waals surface area contributed by atoms with Crippen molar-refractivity contribution in [3.05, 3.63) is 29.3 Å². The third-order valence-corrected chi connectivity index (χ3v) is 2.52. The Hall–Kier alpha value is -1.06. The zero-order valence-electron chi connectivity index (χ0n) is 9.33. The van der Waals surface area contributed by atoms with Gasteiger partial charge in [-0.1, -0.05) is 18.2 Å². The molecule has 0 fully saturated rings. The number of phenols is 1. The quantitative estimate of drug-likeness (QED) is 0.690. The predicted molar refractivity (Wildman–Crippen MR) is 60.8 cm³/mol. The van der Waals surface area contributed by atoms with E-state index in [4.69, 9.17) is 5.11 Å². The molecule has 3 nitrogen and oxygen atoms in total. The van der Waals surface area contributed by atoms with Gasteiger partial charge in [0.2, 0.25) is 0 Å². The minimum atomic E-state index is 0.188. The summed E-state index contributed by atoms with van der Waals surface area (Å²) in [4.78, 5) is 0. The summed E-state index contributed by atoms with van der Waals surface area (Å²) in [5, 5.41) is 21.7. The predicted octanol–water partition coefficient (Wildman–Crippen LogP) is 1.56. The number of nitrogens with one attached hydrogen (secondary N) is 1. The van der Waals surface area contributed by atoms with Crippen molar-refractivity contribution in [2.45, 2.75) is 32.9 Å². The first-order valence-corrected chi connectivity index (χ1v) is 5.27. The molecule has 0 aromatic heterocycles. The maximum atomic E-state index is 9.75. The molecule has 0 radical (unpaired) electrons. The third-order valence-electron chi connectivity index (χ3n) is 2.52. The van der Waals surface area contributed by atoms with Gasteiger partial charge in [-0.15, -0.1) is 0 Å². The van der Waals surface area contributed by atoms with Gasteiger partial charge in [0.15, 0.2) is 0 Å². The van der Waals surface area contributed by atoms with Crippen LogP contribution in [0.15, 0.2) is 18.2 Å². The molecule has 0 spiro atoms. The van der Waals surface area contributed by atoms with Crippen molar-refractivity contribution in [3.8, 4) is 5.75 Å². The maximum absolute atomic E-state index is 9.75. The minimum absolute atomic E-state index is 0.188. The van der Waals surface area contributed by atoms with E-state index in [0.717, 1.165) is 17.5 Å². The largest absolute Gasteiger partial charge is 0.507 e. The number of phenolic OH excluding ortho intramolecular Hbond substituents is 1. The van der Waals surface area contributed by atoms with Gasteiger partial charge in [-0.25, -0.2) is 0 Å². The second kappa shape index (κ2) is 5.73. The van der Waals surface area contributed by atoms with Crippen molar-refractivity contribution in [1.29, 1.82) is 0 Å². The molecule has 0 amide bonds. The molecule has 84 valence electrons. The van der Waals surface area contributed by atoms with E-state index >= 15 is 0 Å². The van der Waals surface area contributed by atoms with E-state index in [-0.39, 0.29) is 12.6 Å². The summed E-state index contributed by atoms with van der Waals surface area (Å²) >= 11 is 0. The number of hydrogen-bond acceptors (Lipinski definition) is 3. The molecule has 3 heteroatoms. The Morgan fingerprint density at radius 1 is 1.40 bits per heavy atom. The van der Waals surface area contributed by atoms with Crippen LogP contribution in [0.25, 0.3) is 0 Å². The van der Waals surface area contributed by atoms with Gasteiger partial charge in [0.1, 0.15) is 5.75 Å². The van der Waals surface area contributed by atoms with Gasteiger partial charge >= 0.3 is 0 Å². The number of aliphatic hydroxyl groups is 1. The van der Waals surface area contributed by atoms with Crippen LogP contribution in [-0.2, 0) is 6.54 Å². The molecule has 0 aliphatic carbocycles. The van der Waals surface area contributed by atoms with E-state index in [1.54, 1.807) is 0 Å². The highest BCUT2D eigenvalue weighted by atomic mass is 16.3. The van der Waals surface area contributed by atoms with E-state index in [1.807, 2.05) is 32.0 Å². The first-order valence-electron chi connectivity index (χ1n) is 5.27. The second-order valence-electron chi connectivity index (χ2n) is 3.88. The molecular formula is C12H19NO2. The molecule has 0 aliphatic rings. The third kappa shape index (κ3) is 3.53. The topological polar surface area (TPSA) is 52.5 Å². The maximum Gasteiger partial charge on any atom is 0.122 e. The standard InChI is InChI=1S/C12H19NO2/c1-9-4-3-5-11(12(9)15)8-13-10(2)6-7-14/h3-5,10,13-15H,6-8H2,1-2H3. The smallest absolute Gasteiger partial charge is 0.122 e. The first-order chi connectivity index (χ1) is 7.15. The van der Waals surface area contributed by atoms with E-state index in [2.05, 4.69) is 5.32 Å². The zero-order chi connectivity index (χ0) is 11.3. The summed E-state index contributed by atoms with van der Waals surface area (Å²) in [6.45, 7) is 4.72. The molecule has 1 rings (SSSR count). The highest BCUT2D eigenvalue weighted by Gasteiger charge is 2.05. The lowest BCUT2D eigenvalue weighted by Crippen LogP contribution is -2.26. The van der Waals surface area contributed by atoms with E-state index in [0.29, 0.717) is 12.3 Å². The summed E-state index contributed by atoms with van der Waals surface area (Å²) in [7, 11) is 0. The van der Waals surface area contributed by atoms with Gasteiger partial charge in [-0.05, 0) is 25.8 Å². The molecule has 1 atom stereocenters. The molecule has 0 bridgehead atoms. The van der Waals surface area contributed by atoms with Crippen LogP contribution in [0.3, 0.4) is 0 Å². The lowest BCUT2D eigenvalue weighted by atomic mass is 10.1. The van der Waals surface area contributed by atoms with Crippen LogP contribution >= 0.6 is 0 Å². The SMILES string of the molecule is Cc1cccc(CNC(C)CCO)c1O. The summed E-state index contributed by atoms with van der Waals surface area (Å²) < 4.78 is 0. The number of rotatable bonds is 5. The van der Waals surface area contributed by atoms with E-state index in [1.165, 1.54) is 0 Å². The highest BCUT2D eigenvalue weighted by Crippen LogP contribution is 2.21. The first kappa shape index (κ1) is 12.0. The van der Waals surface area contributed by atoms with Gasteiger partial charge < -0.3 is 15.5 Å². The van der Waals surface area contributed by atoms with Gasteiger partial charge in [0.05, 0.1) is 0 Å². The van der Waals surface area contributed by atoms with Crippen molar-refractivity contribution in [1.82, 2.24) is 5.32 Å². The number of para-hydroxylation sites is 1.